The Morgan fingerprint density at radius 2 is 1.91 bits per heavy atom. The second kappa shape index (κ2) is 6.51. The van der Waals surface area contributed by atoms with Crippen molar-refractivity contribution in [3.63, 3.8) is 0 Å². The number of ether oxygens (including phenoxy) is 1. The Hall–Kier alpha value is -0.950. The van der Waals surface area contributed by atoms with Crippen LogP contribution in [0.4, 0.5) is 0 Å². The topological polar surface area (TPSA) is 49.9 Å². The molecule has 1 atom stereocenters. The molecule has 6 heteroatoms. The van der Waals surface area contributed by atoms with Crippen molar-refractivity contribution in [1.82, 2.24) is 9.21 Å². The second-order valence-electron chi connectivity index (χ2n) is 7.12. The molecule has 1 aromatic rings. The lowest BCUT2D eigenvalue weighted by atomic mass is 9.88. The van der Waals surface area contributed by atoms with E-state index in [0.29, 0.717) is 26.3 Å². The third-order valence-corrected chi connectivity index (χ3v) is 6.69. The fourth-order valence-electron chi connectivity index (χ4n) is 3.58. The molecule has 0 unspecified atom stereocenters. The summed E-state index contributed by atoms with van der Waals surface area (Å²) in [5, 5.41) is 0. The van der Waals surface area contributed by atoms with Gasteiger partial charge in [0.25, 0.3) is 0 Å². The Labute approximate surface area is 139 Å². The first-order valence-electron chi connectivity index (χ1n) is 8.18. The quantitative estimate of drug-likeness (QED) is 0.838. The van der Waals surface area contributed by atoms with Gasteiger partial charge in [-0.3, -0.25) is 0 Å². The smallest absolute Gasteiger partial charge is 0.218 e. The van der Waals surface area contributed by atoms with E-state index in [1.807, 2.05) is 31.2 Å². The minimum atomic E-state index is -3.32. The predicted molar refractivity (Wildman–Crippen MR) is 90.7 cm³/mol. The Bertz CT molecular complexity index is 644. The fraction of sp³-hybridized carbons (Fsp3) is 0.647. The molecule has 1 spiro atoms. The van der Waals surface area contributed by atoms with Gasteiger partial charge in [-0.2, -0.15) is 4.31 Å². The first-order valence-corrected chi connectivity index (χ1v) is 9.79. The Balaban J connectivity index is 1.76. The molecule has 128 valence electrons. The van der Waals surface area contributed by atoms with Crippen LogP contribution in [0.25, 0.3) is 0 Å². The molecule has 0 aromatic heterocycles. The lowest BCUT2D eigenvalue weighted by Gasteiger charge is -2.31. The second-order valence-corrected chi connectivity index (χ2v) is 9.08. The van der Waals surface area contributed by atoms with Crippen molar-refractivity contribution in [2.45, 2.75) is 19.1 Å². The average Bonchev–Trinajstić information content (AvgIpc) is 2.72. The number of sulfonamides is 1. The molecule has 2 fully saturated rings. The maximum Gasteiger partial charge on any atom is 0.218 e. The van der Waals surface area contributed by atoms with E-state index in [1.165, 1.54) is 0 Å². The van der Waals surface area contributed by atoms with Gasteiger partial charge >= 0.3 is 0 Å². The number of hydrogen-bond donors (Lipinski definition) is 0. The molecule has 2 aliphatic heterocycles. The summed E-state index contributed by atoms with van der Waals surface area (Å²) in [6.07, 6.45) is 1.00. The fourth-order valence-corrected chi connectivity index (χ4v) is 5.20. The molecular formula is C17H26N2O3S. The third-order valence-electron chi connectivity index (χ3n) is 4.90. The molecule has 5 nitrogen and oxygen atoms in total. The van der Waals surface area contributed by atoms with Crippen molar-refractivity contribution >= 4 is 10.0 Å². The average molecular weight is 338 g/mol. The zero-order valence-corrected chi connectivity index (χ0v) is 14.8. The monoisotopic (exact) mass is 338 g/mol. The summed E-state index contributed by atoms with van der Waals surface area (Å²) in [4.78, 5) is 2.26. The standard InChI is InChI=1S/C17H26N2O3S/c1-15-3-5-16(6-4-15)11-23(20,21)19-9-10-22-14-17(13-19)7-8-18(2)12-17/h3-6H,7-14H2,1-2H3/t17-/m1/s1. The van der Waals surface area contributed by atoms with Crippen LogP contribution < -0.4 is 0 Å². The molecule has 0 saturated carbocycles. The number of rotatable bonds is 3. The number of hydrogen-bond acceptors (Lipinski definition) is 4. The largest absolute Gasteiger partial charge is 0.379 e. The number of nitrogens with zero attached hydrogens (tertiary/aromatic N) is 2. The van der Waals surface area contributed by atoms with Crippen molar-refractivity contribution in [1.29, 1.82) is 0 Å². The van der Waals surface area contributed by atoms with Gasteiger partial charge in [-0.25, -0.2) is 8.42 Å². The minimum absolute atomic E-state index is 0.0500. The summed E-state index contributed by atoms with van der Waals surface area (Å²) < 4.78 is 33.1. The number of likely N-dealkylation sites (tertiary alicyclic amines) is 1. The third kappa shape index (κ3) is 3.94. The predicted octanol–water partition coefficient (Wildman–Crippen LogP) is 1.48. The molecule has 0 amide bonds. The van der Waals surface area contributed by atoms with Crippen LogP contribution in [-0.4, -0.2) is 64.1 Å². The number of benzene rings is 1. The van der Waals surface area contributed by atoms with E-state index in [9.17, 15) is 8.42 Å². The van der Waals surface area contributed by atoms with Gasteiger partial charge in [0.05, 0.1) is 19.0 Å². The van der Waals surface area contributed by atoms with E-state index < -0.39 is 10.0 Å². The van der Waals surface area contributed by atoms with Crippen LogP contribution in [0.15, 0.2) is 24.3 Å². The first kappa shape index (κ1) is 16.9. The Morgan fingerprint density at radius 3 is 2.57 bits per heavy atom. The van der Waals surface area contributed by atoms with Gasteiger partial charge in [-0.05, 0) is 32.5 Å². The molecule has 0 radical (unpaired) electrons. The van der Waals surface area contributed by atoms with E-state index >= 15 is 0 Å². The lowest BCUT2D eigenvalue weighted by molar-refractivity contribution is 0.0743. The van der Waals surface area contributed by atoms with Gasteiger partial charge in [-0.15, -0.1) is 0 Å². The van der Waals surface area contributed by atoms with Crippen LogP contribution in [0.1, 0.15) is 17.5 Å². The summed E-state index contributed by atoms with van der Waals surface area (Å²) in [6, 6.07) is 7.73. The molecule has 1 aromatic carbocycles. The number of aryl methyl sites for hydroxylation is 1. The summed E-state index contributed by atoms with van der Waals surface area (Å²) >= 11 is 0. The molecule has 2 aliphatic rings. The van der Waals surface area contributed by atoms with Gasteiger partial charge in [0.2, 0.25) is 10.0 Å². The van der Waals surface area contributed by atoms with Gasteiger partial charge in [-0.1, -0.05) is 29.8 Å². The summed E-state index contributed by atoms with van der Waals surface area (Å²) in [5.41, 5.74) is 1.94. The first-order chi connectivity index (χ1) is 10.9. The highest BCUT2D eigenvalue weighted by Crippen LogP contribution is 2.33. The molecule has 3 rings (SSSR count). The summed E-state index contributed by atoms with van der Waals surface area (Å²) in [5.74, 6) is 0.0687. The molecule has 2 heterocycles. The van der Waals surface area contributed by atoms with Crippen LogP contribution in [0.3, 0.4) is 0 Å². The zero-order chi connectivity index (χ0) is 16.5. The van der Waals surface area contributed by atoms with E-state index in [-0.39, 0.29) is 11.2 Å². The molecule has 23 heavy (non-hydrogen) atoms. The summed E-state index contributed by atoms with van der Waals surface area (Å²) in [7, 11) is -1.23. The van der Waals surface area contributed by atoms with E-state index in [1.54, 1.807) is 4.31 Å². The molecular weight excluding hydrogens is 312 g/mol. The zero-order valence-electron chi connectivity index (χ0n) is 14.0. The normalized spacial score (nSPS) is 27.4. The van der Waals surface area contributed by atoms with Crippen molar-refractivity contribution in [2.24, 2.45) is 5.41 Å². The van der Waals surface area contributed by atoms with Crippen molar-refractivity contribution in [2.75, 3.05) is 46.4 Å². The molecule has 0 bridgehead atoms. The highest BCUT2D eigenvalue weighted by molar-refractivity contribution is 7.88. The minimum Gasteiger partial charge on any atom is -0.379 e. The van der Waals surface area contributed by atoms with Crippen LogP contribution >= 0.6 is 0 Å². The van der Waals surface area contributed by atoms with Crippen LogP contribution in [0, 0.1) is 12.3 Å². The molecule has 0 N–H and O–H groups in total. The Morgan fingerprint density at radius 1 is 1.17 bits per heavy atom. The van der Waals surface area contributed by atoms with Crippen LogP contribution in [0.2, 0.25) is 0 Å². The highest BCUT2D eigenvalue weighted by atomic mass is 32.2. The van der Waals surface area contributed by atoms with Gasteiger partial charge in [0, 0.05) is 25.0 Å². The van der Waals surface area contributed by atoms with Gasteiger partial charge in [0.1, 0.15) is 0 Å². The van der Waals surface area contributed by atoms with E-state index in [0.717, 1.165) is 30.6 Å². The molecule has 0 aliphatic carbocycles. The van der Waals surface area contributed by atoms with Crippen LogP contribution in [0.5, 0.6) is 0 Å². The maximum atomic E-state index is 12.9. The van der Waals surface area contributed by atoms with Gasteiger partial charge < -0.3 is 9.64 Å². The van der Waals surface area contributed by atoms with Crippen molar-refractivity contribution in [3.05, 3.63) is 35.4 Å². The van der Waals surface area contributed by atoms with E-state index in [2.05, 4.69) is 11.9 Å². The van der Waals surface area contributed by atoms with Crippen molar-refractivity contribution in [3.8, 4) is 0 Å². The molecule has 2 saturated heterocycles. The lowest BCUT2D eigenvalue weighted by Crippen LogP contribution is -2.43. The van der Waals surface area contributed by atoms with Gasteiger partial charge in [0.15, 0.2) is 0 Å². The highest BCUT2D eigenvalue weighted by Gasteiger charge is 2.42. The Kier molecular flexibility index (Phi) is 4.78. The van der Waals surface area contributed by atoms with Crippen molar-refractivity contribution < 1.29 is 13.2 Å². The maximum absolute atomic E-state index is 12.9. The summed E-state index contributed by atoms with van der Waals surface area (Å²) in [6.45, 7) is 6.10. The van der Waals surface area contributed by atoms with E-state index in [4.69, 9.17) is 4.74 Å². The van der Waals surface area contributed by atoms with Crippen LogP contribution in [-0.2, 0) is 20.5 Å². The SMILES string of the molecule is Cc1ccc(CS(=O)(=O)N2CCOC[C@@]3(CCN(C)C3)C2)cc1.